The molecule has 2 atom stereocenters. The summed E-state index contributed by atoms with van der Waals surface area (Å²) in [6.45, 7) is 4.75. The van der Waals surface area contributed by atoms with Crippen LogP contribution in [-0.4, -0.2) is 0 Å². The van der Waals surface area contributed by atoms with Crippen LogP contribution in [0.15, 0.2) is 273 Å². The number of hydrogen-bond acceptors (Lipinski definition) is 1. The molecule has 1 nitrogen and oxygen atoms in total. The molecule has 14 rings (SSSR count). The van der Waals surface area contributed by atoms with Gasteiger partial charge in [-0.25, -0.2) is 0 Å². The van der Waals surface area contributed by atoms with Crippen molar-refractivity contribution in [3.8, 4) is 44.5 Å². The average Bonchev–Trinajstić information content (AvgIpc) is 3.89. The molecule has 11 aromatic rings. The third-order valence-corrected chi connectivity index (χ3v) is 16.4. The normalized spacial score (nSPS) is 17.2. The van der Waals surface area contributed by atoms with Gasteiger partial charge in [0.25, 0.3) is 0 Å². The van der Waals surface area contributed by atoms with Crippen LogP contribution in [0.5, 0.6) is 0 Å². The molecule has 0 saturated heterocycles. The summed E-state index contributed by atoms with van der Waals surface area (Å²) in [7, 11) is 0. The van der Waals surface area contributed by atoms with Gasteiger partial charge < -0.3 is 4.90 Å². The predicted octanol–water partition coefficient (Wildman–Crippen LogP) is 17.9. The molecule has 0 N–H and O–H groups in total. The van der Waals surface area contributed by atoms with E-state index in [4.69, 9.17) is 0 Å². The Bertz CT molecular complexity index is 3870. The van der Waals surface area contributed by atoms with Crippen LogP contribution < -0.4 is 4.90 Å². The second kappa shape index (κ2) is 16.1. The van der Waals surface area contributed by atoms with Gasteiger partial charge in [-0.1, -0.05) is 257 Å². The van der Waals surface area contributed by atoms with E-state index in [0.717, 1.165) is 17.1 Å². The Labute approximate surface area is 423 Å². The van der Waals surface area contributed by atoms with E-state index < -0.39 is 10.8 Å². The zero-order valence-corrected chi connectivity index (χ0v) is 40.4. The molecule has 3 aliphatic carbocycles. The van der Waals surface area contributed by atoms with E-state index in [0.29, 0.717) is 0 Å². The van der Waals surface area contributed by atoms with Crippen molar-refractivity contribution in [3.05, 3.63) is 329 Å². The zero-order chi connectivity index (χ0) is 48.0. The Morgan fingerprint density at radius 3 is 1.39 bits per heavy atom. The molecule has 2 unspecified atom stereocenters. The van der Waals surface area contributed by atoms with Gasteiger partial charge in [0, 0.05) is 22.4 Å². The Kier molecular flexibility index (Phi) is 9.44. The molecule has 11 aromatic carbocycles. The van der Waals surface area contributed by atoms with Crippen LogP contribution in [0, 0.1) is 0 Å². The number of benzene rings is 11. The fraction of sp³-hybridized carbons (Fsp3) is 0.0704. The molecule has 3 aliphatic rings. The molecular weight excluding hydrogens is 867 g/mol. The molecule has 0 amide bonds. The van der Waals surface area contributed by atoms with Gasteiger partial charge in [0.2, 0.25) is 0 Å². The van der Waals surface area contributed by atoms with Gasteiger partial charge in [0.05, 0.1) is 16.5 Å². The summed E-state index contributed by atoms with van der Waals surface area (Å²) in [6, 6.07) is 102. The topological polar surface area (TPSA) is 3.24 Å². The van der Waals surface area contributed by atoms with Gasteiger partial charge in [0.15, 0.2) is 0 Å². The first-order valence-electron chi connectivity index (χ1n) is 25.3. The van der Waals surface area contributed by atoms with Gasteiger partial charge in [0.1, 0.15) is 0 Å². The zero-order valence-electron chi connectivity index (χ0n) is 40.4. The lowest BCUT2D eigenvalue weighted by molar-refractivity contribution is 0.626. The minimum atomic E-state index is -0.654. The summed E-state index contributed by atoms with van der Waals surface area (Å²) in [4.78, 5) is 2.51. The minimum Gasteiger partial charge on any atom is -0.310 e. The molecule has 0 fully saturated rings. The fourth-order valence-corrected chi connectivity index (χ4v) is 13.4. The first-order valence-corrected chi connectivity index (χ1v) is 25.3. The molecule has 0 radical (unpaired) electrons. The van der Waals surface area contributed by atoms with Crippen molar-refractivity contribution in [1.29, 1.82) is 0 Å². The highest BCUT2D eigenvalue weighted by Gasteiger charge is 2.57. The number of fused-ring (bicyclic) bond motifs is 8. The van der Waals surface area contributed by atoms with Gasteiger partial charge in [-0.3, -0.25) is 0 Å². The van der Waals surface area contributed by atoms with Crippen molar-refractivity contribution in [2.45, 2.75) is 30.1 Å². The van der Waals surface area contributed by atoms with Crippen LogP contribution in [0.2, 0.25) is 0 Å². The maximum absolute atomic E-state index is 2.51. The molecule has 0 heterocycles. The van der Waals surface area contributed by atoms with Gasteiger partial charge in [-0.15, -0.1) is 0 Å². The molecular formula is C71H51N. The third-order valence-electron chi connectivity index (χ3n) is 16.4. The third kappa shape index (κ3) is 5.89. The first kappa shape index (κ1) is 42.1. The van der Waals surface area contributed by atoms with Crippen molar-refractivity contribution >= 4 is 17.1 Å². The molecule has 0 saturated carbocycles. The summed E-state index contributed by atoms with van der Waals surface area (Å²) in [5.41, 5.74) is 25.0. The van der Waals surface area contributed by atoms with Crippen molar-refractivity contribution in [1.82, 2.24) is 0 Å². The summed E-state index contributed by atoms with van der Waals surface area (Å²) < 4.78 is 0. The smallest absolute Gasteiger partial charge is 0.0720 e. The van der Waals surface area contributed by atoms with Crippen LogP contribution in [0.4, 0.5) is 17.1 Å². The monoisotopic (exact) mass is 917 g/mol. The lowest BCUT2D eigenvalue weighted by Crippen LogP contribution is -2.44. The van der Waals surface area contributed by atoms with Crippen LogP contribution in [0.1, 0.15) is 69.5 Å². The van der Waals surface area contributed by atoms with Crippen molar-refractivity contribution in [2.75, 3.05) is 4.90 Å². The Morgan fingerprint density at radius 2 is 0.722 bits per heavy atom. The molecule has 0 aliphatic heterocycles. The molecule has 1 heteroatoms. The number of anilines is 3. The molecule has 0 aromatic heterocycles. The number of rotatable bonds is 8. The summed E-state index contributed by atoms with van der Waals surface area (Å²) in [5.74, 6) is 0. The Balaban J connectivity index is 1.03. The summed E-state index contributed by atoms with van der Waals surface area (Å²) in [5, 5.41) is 0. The van der Waals surface area contributed by atoms with Crippen LogP contribution >= 0.6 is 0 Å². The van der Waals surface area contributed by atoms with E-state index >= 15 is 0 Å². The highest BCUT2D eigenvalue weighted by molar-refractivity contribution is 5.94. The predicted molar refractivity (Wildman–Crippen MR) is 299 cm³/mol. The van der Waals surface area contributed by atoms with Gasteiger partial charge in [-0.05, 0) is 125 Å². The van der Waals surface area contributed by atoms with Crippen molar-refractivity contribution in [3.63, 3.8) is 0 Å². The van der Waals surface area contributed by atoms with Crippen LogP contribution in [0.3, 0.4) is 0 Å². The largest absolute Gasteiger partial charge is 0.310 e. The Morgan fingerprint density at radius 1 is 0.264 bits per heavy atom. The molecule has 72 heavy (non-hydrogen) atoms. The molecule has 0 spiro atoms. The second-order valence-electron chi connectivity index (χ2n) is 20.3. The minimum absolute atomic E-state index is 0.174. The molecule has 0 bridgehead atoms. The van der Waals surface area contributed by atoms with Crippen LogP contribution in [0.25, 0.3) is 44.5 Å². The molecule has 340 valence electrons. The second-order valence-corrected chi connectivity index (χ2v) is 20.3. The van der Waals surface area contributed by atoms with Crippen molar-refractivity contribution < 1.29 is 0 Å². The maximum Gasteiger partial charge on any atom is 0.0720 e. The van der Waals surface area contributed by atoms with E-state index in [1.54, 1.807) is 0 Å². The maximum atomic E-state index is 2.51. The van der Waals surface area contributed by atoms with Gasteiger partial charge >= 0.3 is 0 Å². The average molecular weight is 918 g/mol. The van der Waals surface area contributed by atoms with Gasteiger partial charge in [-0.2, -0.15) is 0 Å². The van der Waals surface area contributed by atoms with E-state index in [1.807, 2.05) is 0 Å². The highest BCUT2D eigenvalue weighted by atomic mass is 15.1. The summed E-state index contributed by atoms with van der Waals surface area (Å²) >= 11 is 0. The SMILES string of the molecule is CC1(C)c2ccccc2-c2ccc(N(c3ccc(C4(c5ccccc5)c5ccccc5C5(c6ccccc6)c6ccccc6-c6cccc4c65)cc3)c3cc(-c4ccccc4)ccc3-c3ccccc3)cc21. The van der Waals surface area contributed by atoms with E-state index in [-0.39, 0.29) is 5.41 Å². The lowest BCUT2D eigenvalue weighted by Gasteiger charge is -2.49. The van der Waals surface area contributed by atoms with Crippen molar-refractivity contribution in [2.24, 2.45) is 0 Å². The standard InChI is InChI=1S/C71H51N/c1-69(2)61-33-17-15-30-57(61)59-45-43-55(47-66(59)69)72(67-46-50(48-22-7-3-8-23-48)38-44-56(67)49-24-9-4-10-25-49)54-41-39-53(40-42-54)70(51-26-11-5-12-27-51)63-35-19-20-36-64(63)71(52-28-13-6-14-29-52)62-34-18-16-31-58(62)60-32-21-37-65(70)68(60)71/h3-47H,1-2H3. The van der Waals surface area contributed by atoms with E-state index in [9.17, 15) is 0 Å². The fourth-order valence-electron chi connectivity index (χ4n) is 13.4. The van der Waals surface area contributed by atoms with E-state index in [1.165, 1.54) is 100 Å². The quantitative estimate of drug-likeness (QED) is 0.147. The first-order chi connectivity index (χ1) is 35.5. The number of hydrogen-bond donors (Lipinski definition) is 0. The number of nitrogens with zero attached hydrogens (tertiary/aromatic N) is 1. The Hall–Kier alpha value is -8.78. The lowest BCUT2D eigenvalue weighted by atomic mass is 9.52. The van der Waals surface area contributed by atoms with Crippen LogP contribution in [-0.2, 0) is 16.2 Å². The summed E-state index contributed by atoms with van der Waals surface area (Å²) in [6.07, 6.45) is 0. The highest BCUT2D eigenvalue weighted by Crippen LogP contribution is 2.66. The van der Waals surface area contributed by atoms with E-state index in [2.05, 4.69) is 292 Å².